The molecule has 0 atom stereocenters. The lowest BCUT2D eigenvalue weighted by Gasteiger charge is -2.34. The van der Waals surface area contributed by atoms with E-state index in [-0.39, 0.29) is 0 Å². The molecule has 0 aliphatic rings. The van der Waals surface area contributed by atoms with Crippen LogP contribution in [0, 0.1) is 0 Å². The molecule has 0 spiro atoms. The molecule has 0 aromatic heterocycles. The summed E-state index contributed by atoms with van der Waals surface area (Å²) >= 11 is 0. The van der Waals surface area contributed by atoms with E-state index in [0.717, 1.165) is 6.54 Å². The van der Waals surface area contributed by atoms with Crippen molar-refractivity contribution in [2.24, 2.45) is 0 Å². The molecule has 4 heteroatoms. The molecule has 0 heterocycles. The van der Waals surface area contributed by atoms with Crippen LogP contribution in [0.5, 0.6) is 0 Å². The van der Waals surface area contributed by atoms with Crippen LogP contribution in [0.2, 0.25) is 36.3 Å². The van der Waals surface area contributed by atoms with Crippen LogP contribution >= 0.6 is 8.07 Å². The summed E-state index contributed by atoms with van der Waals surface area (Å²) in [5.41, 5.74) is 1.37. The first-order valence-corrected chi connectivity index (χ1v) is 23.4. The normalized spacial score (nSPS) is 12.3. The maximum atomic E-state index is 4.11. The largest absolute Gasteiger partial charge is 0.284 e. The number of nitrogens with one attached hydrogen (secondary N) is 1. The Morgan fingerprint density at radius 1 is 0.488 bits per heavy atom. The molecule has 1 N–H and O–H groups in total. The summed E-state index contributed by atoms with van der Waals surface area (Å²) < 4.78 is 0. The molecular formula is C37H58NPSi2. The smallest absolute Gasteiger partial charge is 0.0867 e. The van der Waals surface area contributed by atoms with Crippen LogP contribution in [-0.2, 0) is 6.54 Å². The fraction of sp³-hybridized carbons (Fsp3) is 0.514. The number of rotatable bonds is 19. The van der Waals surface area contributed by atoms with Crippen LogP contribution in [-0.4, -0.2) is 16.1 Å². The van der Waals surface area contributed by atoms with Gasteiger partial charge in [-0.25, -0.2) is 0 Å². The highest BCUT2D eigenvalue weighted by Gasteiger charge is 2.34. The van der Waals surface area contributed by atoms with Crippen LogP contribution in [0.3, 0.4) is 0 Å². The van der Waals surface area contributed by atoms with Crippen LogP contribution in [0.15, 0.2) is 78.9 Å². The lowest BCUT2D eigenvalue weighted by Crippen LogP contribution is -2.49. The van der Waals surface area contributed by atoms with E-state index in [1.807, 2.05) is 0 Å². The van der Waals surface area contributed by atoms with E-state index < -0.39 is 24.2 Å². The fourth-order valence-electron chi connectivity index (χ4n) is 7.53. The molecule has 3 aromatic carbocycles. The van der Waals surface area contributed by atoms with Crippen molar-refractivity contribution in [3.63, 3.8) is 0 Å². The van der Waals surface area contributed by atoms with Gasteiger partial charge in [0.1, 0.15) is 0 Å². The van der Waals surface area contributed by atoms with E-state index in [1.54, 1.807) is 10.4 Å². The number of hydrogen-bond acceptors (Lipinski definition) is 1. The van der Waals surface area contributed by atoms with Crippen molar-refractivity contribution in [3.05, 3.63) is 84.4 Å². The predicted molar refractivity (Wildman–Crippen MR) is 194 cm³/mol. The van der Waals surface area contributed by atoms with Crippen molar-refractivity contribution in [2.75, 3.05) is 0 Å². The topological polar surface area (TPSA) is 12.0 Å². The van der Waals surface area contributed by atoms with Crippen LogP contribution in [0.4, 0.5) is 0 Å². The van der Waals surface area contributed by atoms with Crippen molar-refractivity contribution < 1.29 is 0 Å². The molecule has 0 radical (unpaired) electrons. The summed E-state index contributed by atoms with van der Waals surface area (Å²) in [5, 5.41) is 10.6. The van der Waals surface area contributed by atoms with E-state index >= 15 is 0 Å². The molecule has 0 amide bonds. The van der Waals surface area contributed by atoms with Gasteiger partial charge in [0, 0.05) is 14.6 Å². The van der Waals surface area contributed by atoms with Gasteiger partial charge in [0.05, 0.1) is 16.1 Å². The number of hydrogen-bond donors (Lipinski definition) is 1. The zero-order valence-electron chi connectivity index (χ0n) is 27.1. The Bertz CT molecular complexity index is 1040. The minimum Gasteiger partial charge on any atom is -0.284 e. The second-order valence-corrected chi connectivity index (χ2v) is 23.6. The van der Waals surface area contributed by atoms with Gasteiger partial charge in [-0.05, 0) is 16.2 Å². The quantitative estimate of drug-likeness (QED) is 0.106. The molecule has 0 aliphatic carbocycles. The third kappa shape index (κ3) is 8.99. The summed E-state index contributed by atoms with van der Waals surface area (Å²) in [5.74, 6) is 0. The van der Waals surface area contributed by atoms with Gasteiger partial charge in [-0.1, -0.05) is 206 Å². The Morgan fingerprint density at radius 3 is 1.24 bits per heavy atom. The summed E-state index contributed by atoms with van der Waals surface area (Å²) in [6.07, 6.45) is 7.82. The zero-order valence-corrected chi connectivity index (χ0v) is 30.0. The van der Waals surface area contributed by atoms with Gasteiger partial charge in [-0.3, -0.25) is 5.09 Å². The van der Waals surface area contributed by atoms with Crippen molar-refractivity contribution in [3.8, 4) is 0 Å². The second kappa shape index (κ2) is 17.6. The van der Waals surface area contributed by atoms with E-state index in [9.17, 15) is 0 Å². The molecule has 1 nitrogen and oxygen atoms in total. The van der Waals surface area contributed by atoms with Crippen molar-refractivity contribution >= 4 is 45.2 Å². The highest BCUT2D eigenvalue weighted by Crippen LogP contribution is 2.33. The molecule has 3 rings (SSSR count). The van der Waals surface area contributed by atoms with Gasteiger partial charge >= 0.3 is 0 Å². The van der Waals surface area contributed by atoms with Gasteiger partial charge in [0.2, 0.25) is 0 Å². The molecule has 0 saturated heterocycles. The first kappa shape index (κ1) is 34.0. The second-order valence-electron chi connectivity index (χ2n) is 12.3. The first-order valence-electron chi connectivity index (χ1n) is 16.8. The Hall–Kier alpha value is -1.52. The molecule has 0 unspecified atom stereocenters. The molecule has 0 bridgehead atoms. The molecule has 41 heavy (non-hydrogen) atoms. The average molecular weight is 604 g/mol. The lowest BCUT2D eigenvalue weighted by molar-refractivity contribution is 0.937. The molecule has 224 valence electrons. The van der Waals surface area contributed by atoms with E-state index in [1.165, 1.54) is 91.0 Å². The van der Waals surface area contributed by atoms with Crippen molar-refractivity contribution in [2.45, 2.75) is 123 Å². The molecule has 0 fully saturated rings. The number of benzene rings is 3. The van der Waals surface area contributed by atoms with Gasteiger partial charge in [0.15, 0.2) is 0 Å². The minimum absolute atomic E-state index is 0.662. The van der Waals surface area contributed by atoms with Crippen molar-refractivity contribution in [1.29, 1.82) is 0 Å². The minimum atomic E-state index is -1.52. The Kier molecular flexibility index (Phi) is 14.6. The maximum Gasteiger partial charge on any atom is 0.0867 e. The average Bonchev–Trinajstić information content (AvgIpc) is 2.99. The standard InChI is InChI=1S/C37H58NPSi2/c1-7-24-40(25-8-2,26-9-3)36-22-16-20-34(30-36)39(38-32-33-18-14-13-15-19-33)35-21-17-23-37(31-35)41(27-10-4,28-11-5)29-12-6/h13-23,30-31,38H,7-12,24-29,32H2,1-6H3. The highest BCUT2D eigenvalue weighted by molar-refractivity contribution is 7.71. The monoisotopic (exact) mass is 603 g/mol. The Labute approximate surface area is 256 Å². The predicted octanol–water partition coefficient (Wildman–Crippen LogP) is 9.60. The van der Waals surface area contributed by atoms with Gasteiger partial charge in [-0.2, -0.15) is 0 Å². The first-order chi connectivity index (χ1) is 20.0. The fourth-order valence-corrected chi connectivity index (χ4v) is 20.6. The van der Waals surface area contributed by atoms with Crippen LogP contribution in [0.1, 0.15) is 85.6 Å². The zero-order chi connectivity index (χ0) is 29.6. The summed E-state index contributed by atoms with van der Waals surface area (Å²) in [4.78, 5) is 0. The van der Waals surface area contributed by atoms with Gasteiger partial charge in [-0.15, -0.1) is 0 Å². The van der Waals surface area contributed by atoms with E-state index in [2.05, 4.69) is 125 Å². The van der Waals surface area contributed by atoms with Crippen molar-refractivity contribution in [1.82, 2.24) is 5.09 Å². The van der Waals surface area contributed by atoms with E-state index in [4.69, 9.17) is 0 Å². The molecule has 0 aliphatic heterocycles. The Balaban J connectivity index is 2.12. The Morgan fingerprint density at radius 2 is 0.878 bits per heavy atom. The third-order valence-corrected chi connectivity index (χ3v) is 23.0. The summed E-state index contributed by atoms with van der Waals surface area (Å²) in [6.45, 7) is 15.3. The molecule has 0 saturated carbocycles. The lowest BCUT2D eigenvalue weighted by atomic mass is 10.2. The van der Waals surface area contributed by atoms with Gasteiger partial charge < -0.3 is 0 Å². The SMILES string of the molecule is CCC[Si](CCC)(CCC)c1cccc(P(NCc2ccccc2)c2cccc([Si](CCC)(CCC)CCC)c2)c1. The molecule has 3 aromatic rings. The summed E-state index contributed by atoms with van der Waals surface area (Å²) in [7, 11) is -3.70. The van der Waals surface area contributed by atoms with E-state index in [0.29, 0.717) is 0 Å². The van der Waals surface area contributed by atoms with Crippen LogP contribution in [0.25, 0.3) is 0 Å². The highest BCUT2D eigenvalue weighted by atomic mass is 31.1. The van der Waals surface area contributed by atoms with Gasteiger partial charge in [0.25, 0.3) is 0 Å². The summed E-state index contributed by atoms with van der Waals surface area (Å²) in [6, 6.07) is 39.5. The molecular weight excluding hydrogens is 546 g/mol. The maximum absolute atomic E-state index is 4.11. The van der Waals surface area contributed by atoms with Crippen LogP contribution < -0.4 is 26.1 Å². The third-order valence-electron chi connectivity index (χ3n) is 9.09.